The van der Waals surface area contributed by atoms with Gasteiger partial charge in [0.25, 0.3) is 0 Å². The molecule has 106 valence electrons. The molecule has 7 heteroatoms. The minimum Gasteiger partial charge on any atom is -0.407 e. The Balaban J connectivity index is 5.11. The maximum Gasteiger partial charge on any atom is 0.346 e. The number of esters is 1. The summed E-state index contributed by atoms with van der Waals surface area (Å²) in [6, 6.07) is 0. The molecule has 0 bridgehead atoms. The van der Waals surface area contributed by atoms with Crippen LogP contribution in [0.1, 0.15) is 26.7 Å². The standard InChI is InChI=1S/C11H20O7/c1-5-6-7(2)8(11(13,14)15)9(12)18-10(16-3)17-4/h10,13-15H,5-6H2,1-4H3. The van der Waals surface area contributed by atoms with Crippen molar-refractivity contribution in [2.75, 3.05) is 14.2 Å². The minimum absolute atomic E-state index is 0.306. The van der Waals surface area contributed by atoms with Crippen molar-refractivity contribution in [1.82, 2.24) is 0 Å². The van der Waals surface area contributed by atoms with Crippen LogP contribution in [0.2, 0.25) is 0 Å². The maximum atomic E-state index is 11.7. The van der Waals surface area contributed by atoms with E-state index in [9.17, 15) is 20.1 Å². The SMILES string of the molecule is CCCC(C)=C(C(=O)OC(OC)OC)C(O)(O)O. The summed E-state index contributed by atoms with van der Waals surface area (Å²) in [5, 5.41) is 27.5. The second-order valence-electron chi connectivity index (χ2n) is 3.71. The molecule has 0 heterocycles. The van der Waals surface area contributed by atoms with Gasteiger partial charge in [0.05, 0.1) is 0 Å². The van der Waals surface area contributed by atoms with Crippen LogP contribution in [0, 0.1) is 0 Å². The molecule has 0 aromatic heterocycles. The van der Waals surface area contributed by atoms with Gasteiger partial charge in [0.2, 0.25) is 0 Å². The van der Waals surface area contributed by atoms with Crippen LogP contribution >= 0.6 is 0 Å². The first-order valence-corrected chi connectivity index (χ1v) is 5.41. The highest BCUT2D eigenvalue weighted by Crippen LogP contribution is 2.21. The van der Waals surface area contributed by atoms with Crippen LogP contribution < -0.4 is 0 Å². The number of hydrogen-bond acceptors (Lipinski definition) is 7. The Kier molecular flexibility index (Phi) is 7.04. The van der Waals surface area contributed by atoms with Gasteiger partial charge < -0.3 is 29.5 Å². The molecule has 0 aliphatic carbocycles. The third-order valence-corrected chi connectivity index (χ3v) is 2.18. The first-order valence-electron chi connectivity index (χ1n) is 5.41. The van der Waals surface area contributed by atoms with Crippen molar-refractivity contribution in [3.63, 3.8) is 0 Å². The van der Waals surface area contributed by atoms with Crippen molar-refractivity contribution < 1.29 is 34.3 Å². The summed E-state index contributed by atoms with van der Waals surface area (Å²) in [4.78, 5) is 11.7. The Labute approximate surface area is 106 Å². The Hall–Kier alpha value is -0.990. The van der Waals surface area contributed by atoms with Gasteiger partial charge in [-0.25, -0.2) is 4.79 Å². The normalized spacial score (nSPS) is 13.6. The second-order valence-corrected chi connectivity index (χ2v) is 3.71. The van der Waals surface area contributed by atoms with E-state index in [0.717, 1.165) is 0 Å². The van der Waals surface area contributed by atoms with Crippen molar-refractivity contribution in [1.29, 1.82) is 0 Å². The average molecular weight is 264 g/mol. The van der Waals surface area contributed by atoms with Gasteiger partial charge in [-0.15, -0.1) is 0 Å². The molecule has 3 N–H and O–H groups in total. The van der Waals surface area contributed by atoms with Crippen LogP contribution in [0.4, 0.5) is 0 Å². The molecule has 0 amide bonds. The monoisotopic (exact) mass is 264 g/mol. The Morgan fingerprint density at radius 1 is 1.22 bits per heavy atom. The number of rotatable bonds is 7. The molecule has 0 radical (unpaired) electrons. The van der Waals surface area contributed by atoms with Crippen molar-refractivity contribution >= 4 is 5.97 Å². The number of hydrogen-bond donors (Lipinski definition) is 3. The van der Waals surface area contributed by atoms with Crippen molar-refractivity contribution in [2.45, 2.75) is 39.1 Å². The van der Waals surface area contributed by atoms with E-state index in [1.807, 2.05) is 6.92 Å². The van der Waals surface area contributed by atoms with Gasteiger partial charge in [0.15, 0.2) is 0 Å². The average Bonchev–Trinajstić information content (AvgIpc) is 2.24. The van der Waals surface area contributed by atoms with Crippen molar-refractivity contribution in [2.24, 2.45) is 0 Å². The van der Waals surface area contributed by atoms with Crippen molar-refractivity contribution in [3.8, 4) is 0 Å². The lowest BCUT2D eigenvalue weighted by molar-refractivity contribution is -0.290. The van der Waals surface area contributed by atoms with E-state index < -0.39 is 24.0 Å². The summed E-state index contributed by atoms with van der Waals surface area (Å²) in [5.74, 6) is -4.38. The van der Waals surface area contributed by atoms with E-state index in [0.29, 0.717) is 18.4 Å². The van der Waals surface area contributed by atoms with Crippen LogP contribution in [0.15, 0.2) is 11.1 Å². The number of carbonyl (C=O) groups excluding carboxylic acids is 1. The highest BCUT2D eigenvalue weighted by atomic mass is 16.8. The van der Waals surface area contributed by atoms with Gasteiger partial charge >= 0.3 is 18.4 Å². The lowest BCUT2D eigenvalue weighted by atomic mass is 10.0. The molecular weight excluding hydrogens is 244 g/mol. The number of carbonyl (C=O) groups is 1. The fourth-order valence-electron chi connectivity index (χ4n) is 1.44. The number of ether oxygens (including phenoxy) is 3. The molecule has 0 atom stereocenters. The largest absolute Gasteiger partial charge is 0.407 e. The lowest BCUT2D eigenvalue weighted by Gasteiger charge is -2.21. The second kappa shape index (κ2) is 7.45. The zero-order chi connectivity index (χ0) is 14.3. The zero-order valence-corrected chi connectivity index (χ0v) is 11.0. The first kappa shape index (κ1) is 17.0. The topological polar surface area (TPSA) is 105 Å². The van der Waals surface area contributed by atoms with E-state index in [1.165, 1.54) is 21.1 Å². The highest BCUT2D eigenvalue weighted by molar-refractivity contribution is 5.90. The van der Waals surface area contributed by atoms with Crippen LogP contribution in [0.25, 0.3) is 0 Å². The molecule has 0 aromatic rings. The third-order valence-electron chi connectivity index (χ3n) is 2.18. The molecule has 0 spiro atoms. The summed E-state index contributed by atoms with van der Waals surface area (Å²) in [5.41, 5.74) is -0.329. The smallest absolute Gasteiger partial charge is 0.346 e. The molecule has 0 aromatic carbocycles. The van der Waals surface area contributed by atoms with Crippen molar-refractivity contribution in [3.05, 3.63) is 11.1 Å². The van der Waals surface area contributed by atoms with Gasteiger partial charge in [-0.2, -0.15) is 0 Å². The molecule has 0 saturated heterocycles. The molecule has 0 aliphatic heterocycles. The number of aliphatic hydroxyl groups is 3. The van der Waals surface area contributed by atoms with Gasteiger partial charge in [0.1, 0.15) is 5.57 Å². The van der Waals surface area contributed by atoms with E-state index in [4.69, 9.17) is 0 Å². The summed E-state index contributed by atoms with van der Waals surface area (Å²) < 4.78 is 14.0. The van der Waals surface area contributed by atoms with Crippen LogP contribution in [0.5, 0.6) is 0 Å². The lowest BCUT2D eigenvalue weighted by Crippen LogP contribution is -2.38. The van der Waals surface area contributed by atoms with Gasteiger partial charge in [-0.1, -0.05) is 18.9 Å². The summed E-state index contributed by atoms with van der Waals surface area (Å²) >= 11 is 0. The fraction of sp³-hybridized carbons (Fsp3) is 0.727. The highest BCUT2D eigenvalue weighted by Gasteiger charge is 2.35. The Morgan fingerprint density at radius 3 is 2.06 bits per heavy atom. The summed E-state index contributed by atoms with van der Waals surface area (Å²) in [7, 11) is 2.49. The van der Waals surface area contributed by atoms with E-state index in [2.05, 4.69) is 14.2 Å². The zero-order valence-electron chi connectivity index (χ0n) is 11.0. The molecule has 0 saturated carbocycles. The molecule has 0 aliphatic rings. The van der Waals surface area contributed by atoms with Crippen LogP contribution in [-0.4, -0.2) is 48.0 Å². The number of allylic oxidation sites excluding steroid dienone is 1. The summed E-state index contributed by atoms with van der Waals surface area (Å²) in [6.45, 7) is 2.05. The predicted molar refractivity (Wildman–Crippen MR) is 60.9 cm³/mol. The molecule has 0 unspecified atom stereocenters. The van der Waals surface area contributed by atoms with Crippen LogP contribution in [0.3, 0.4) is 0 Å². The minimum atomic E-state index is -3.26. The van der Waals surface area contributed by atoms with Gasteiger partial charge in [-0.05, 0) is 13.3 Å². The van der Waals surface area contributed by atoms with E-state index in [1.54, 1.807) is 0 Å². The molecule has 0 rings (SSSR count). The number of methoxy groups -OCH3 is 2. The maximum absolute atomic E-state index is 11.7. The first-order chi connectivity index (χ1) is 8.27. The van der Waals surface area contributed by atoms with Crippen LogP contribution in [-0.2, 0) is 19.0 Å². The molecule has 7 nitrogen and oxygen atoms in total. The molecule has 0 fully saturated rings. The summed E-state index contributed by atoms with van der Waals surface area (Å²) in [6.07, 6.45) is 1.06. The van der Waals surface area contributed by atoms with E-state index >= 15 is 0 Å². The Bertz CT molecular complexity index is 299. The quantitative estimate of drug-likeness (QED) is 0.333. The fourth-order valence-corrected chi connectivity index (χ4v) is 1.44. The van der Waals surface area contributed by atoms with Gasteiger partial charge in [-0.3, -0.25) is 0 Å². The Morgan fingerprint density at radius 2 is 1.72 bits per heavy atom. The molecular formula is C11H20O7. The van der Waals surface area contributed by atoms with Gasteiger partial charge in [0, 0.05) is 14.2 Å². The van der Waals surface area contributed by atoms with E-state index in [-0.39, 0.29) is 0 Å². The predicted octanol–water partition coefficient (Wildman–Crippen LogP) is -0.147. The molecule has 18 heavy (non-hydrogen) atoms. The third kappa shape index (κ3) is 5.11.